The van der Waals surface area contributed by atoms with E-state index in [-0.39, 0.29) is 0 Å². The Morgan fingerprint density at radius 1 is 0.279 bits per heavy atom. The van der Waals surface area contributed by atoms with Gasteiger partial charge in [0.05, 0.1) is 0 Å². The van der Waals surface area contributed by atoms with Crippen LogP contribution in [0.3, 0.4) is 0 Å². The van der Waals surface area contributed by atoms with Crippen LogP contribution in [-0.2, 0) is 27.3 Å². The number of benzene rings is 2. The SMILES string of the molecule is CCCCCCCCCCCCCCCCCCCCCCC[CH2][Ni][CH2]CCCCCCCCCCCCCCCCCCCCCCC.CCCCCCc1cc(C)cc(C2=CC(CCCCC)=C(c3cc(C)cc(CCCCCC)c3)[N+]2=[N-])c1. The summed E-state index contributed by atoms with van der Waals surface area (Å²) in [5, 5.41) is 2.87. The maximum atomic E-state index is 11.6. The molecule has 0 spiro atoms. The van der Waals surface area contributed by atoms with Gasteiger partial charge in [-0.2, -0.15) is 0 Å². The Kier molecular flexibility index (Phi) is 56.4. The summed E-state index contributed by atoms with van der Waals surface area (Å²) < 4.78 is 1.49. The third-order valence-electron chi connectivity index (χ3n) is 18.7. The Morgan fingerprint density at radius 2 is 0.523 bits per heavy atom. The van der Waals surface area contributed by atoms with Gasteiger partial charge >= 0.3 is 166 Å². The molecule has 2 aromatic rings. The predicted octanol–water partition coefficient (Wildman–Crippen LogP) is 30.0. The van der Waals surface area contributed by atoms with Gasteiger partial charge in [-0.25, -0.2) is 4.70 Å². The van der Waals surface area contributed by atoms with Gasteiger partial charge in [0.2, 0.25) is 11.4 Å². The molecule has 0 atom stereocenters. The van der Waals surface area contributed by atoms with E-state index in [0.29, 0.717) is 0 Å². The van der Waals surface area contributed by atoms with Crippen LogP contribution in [0.15, 0.2) is 48.0 Å². The Bertz CT molecular complexity index is 1840. The minimum absolute atomic E-state index is 0.922. The Hall–Kier alpha value is -1.99. The molecule has 0 bridgehead atoms. The van der Waals surface area contributed by atoms with Crippen molar-refractivity contribution in [3.05, 3.63) is 87.0 Å². The molecule has 1 heterocycles. The number of rotatable bonds is 62. The third kappa shape index (κ3) is 45.3. The summed E-state index contributed by atoms with van der Waals surface area (Å²) in [5.41, 5.74) is 22.4. The molecule has 0 unspecified atom stereocenters. The van der Waals surface area contributed by atoms with Crippen molar-refractivity contribution in [2.24, 2.45) is 0 Å². The van der Waals surface area contributed by atoms with Crippen molar-refractivity contribution in [3.8, 4) is 0 Å². The molecule has 0 aromatic heterocycles. The van der Waals surface area contributed by atoms with Crippen LogP contribution in [0.1, 0.15) is 428 Å². The summed E-state index contributed by atoms with van der Waals surface area (Å²) >= 11 is 2.05. The van der Waals surface area contributed by atoms with Crippen LogP contribution >= 0.6 is 0 Å². The van der Waals surface area contributed by atoms with E-state index in [9.17, 15) is 5.53 Å². The van der Waals surface area contributed by atoms with E-state index >= 15 is 0 Å². The van der Waals surface area contributed by atoms with Gasteiger partial charge < -0.3 is 5.53 Å². The number of nitrogens with zero attached hydrogens (tertiary/aromatic N) is 2. The van der Waals surface area contributed by atoms with Crippen LogP contribution in [0.5, 0.6) is 0 Å². The van der Waals surface area contributed by atoms with Crippen LogP contribution in [0.2, 0.25) is 10.8 Å². The zero-order valence-electron chi connectivity index (χ0n) is 59.2. The van der Waals surface area contributed by atoms with Crippen molar-refractivity contribution in [2.45, 2.75) is 432 Å². The average molecular weight is 1230 g/mol. The Morgan fingerprint density at radius 3 is 0.837 bits per heavy atom. The minimum Gasteiger partial charge on any atom is -0.493 e. The normalized spacial score (nSPS) is 12.5. The van der Waals surface area contributed by atoms with Crippen LogP contribution in [-0.4, -0.2) is 4.70 Å². The smallest absolute Gasteiger partial charge is 0.493 e. The summed E-state index contributed by atoms with van der Waals surface area (Å²) in [6, 6.07) is 13.7. The van der Waals surface area contributed by atoms with Crippen molar-refractivity contribution in [1.29, 1.82) is 0 Å². The summed E-state index contributed by atoms with van der Waals surface area (Å²) in [7, 11) is 0. The van der Waals surface area contributed by atoms with Gasteiger partial charge in [-0.15, -0.1) is 0 Å². The van der Waals surface area contributed by atoms with Gasteiger partial charge in [0.15, 0.2) is 0 Å². The second kappa shape index (κ2) is 60.6. The second-order valence-corrected chi connectivity index (χ2v) is 29.0. The molecular formula is C83H148N2Ni. The molecule has 0 saturated carbocycles. The Labute approximate surface area is 545 Å². The molecule has 2 nitrogen and oxygen atoms in total. The molecule has 0 fully saturated rings. The molecule has 86 heavy (non-hydrogen) atoms. The number of aryl methyl sites for hydroxylation is 4. The first-order valence-electron chi connectivity index (χ1n) is 39.0. The van der Waals surface area contributed by atoms with Gasteiger partial charge in [0.1, 0.15) is 0 Å². The second-order valence-electron chi connectivity index (χ2n) is 27.5. The standard InChI is InChI=1S/C35H50N2.2C24H49.Ni/c1-6-9-12-15-17-29-20-27(4)22-32(24-29)34-26-31(19-14-11-8-3)35(37(34)36)33-23-28(5)21-30(25-33)18-16-13-10-7-2;2*1-3-5-7-9-11-13-15-17-19-21-23-24-22-20-18-16-14-12-10-8-6-4-2;/h20-26H,6-19H2,1-5H3;2*1,3-24H2,2H3;. The van der Waals surface area contributed by atoms with Gasteiger partial charge in [-0.1, -0.05) is 251 Å². The van der Waals surface area contributed by atoms with E-state index in [1.54, 1.807) is 0 Å². The fourth-order valence-corrected chi connectivity index (χ4v) is 14.5. The Balaban J connectivity index is 0.000000607. The van der Waals surface area contributed by atoms with Crippen molar-refractivity contribution in [2.75, 3.05) is 0 Å². The van der Waals surface area contributed by atoms with E-state index in [1.807, 2.05) is 0 Å². The number of hydrogen-bond donors (Lipinski definition) is 0. The molecule has 3 heteroatoms. The number of unbranched alkanes of at least 4 members (excludes halogenated alkanes) is 50. The third-order valence-corrected chi connectivity index (χ3v) is 20.1. The fraction of sp³-hybridized carbons (Fsp3) is 0.807. The fourth-order valence-electron chi connectivity index (χ4n) is 13.2. The summed E-state index contributed by atoms with van der Waals surface area (Å²) in [6.07, 6.45) is 84.4. The summed E-state index contributed by atoms with van der Waals surface area (Å²) in [6.45, 7) is 15.8. The molecule has 0 amide bonds. The first-order valence-corrected chi connectivity index (χ1v) is 40.4. The molecule has 0 radical (unpaired) electrons. The molecule has 0 aliphatic carbocycles. The topological polar surface area (TPSA) is 25.3 Å². The van der Waals surface area contributed by atoms with Crippen molar-refractivity contribution >= 4 is 11.4 Å². The van der Waals surface area contributed by atoms with Gasteiger partial charge in [-0.3, -0.25) is 0 Å². The number of allylic oxidation sites excluding steroid dienone is 2. The van der Waals surface area contributed by atoms with E-state index in [4.69, 9.17) is 0 Å². The average Bonchev–Trinajstić information content (AvgIpc) is 2.89. The molecule has 0 N–H and O–H groups in total. The van der Waals surface area contributed by atoms with Gasteiger partial charge in [-0.05, 0) is 87.8 Å². The zero-order valence-corrected chi connectivity index (χ0v) is 60.2. The molecule has 2 aromatic carbocycles. The molecule has 500 valence electrons. The van der Waals surface area contributed by atoms with E-state index in [0.717, 1.165) is 48.2 Å². The maximum absolute atomic E-state index is 11.6. The molecule has 3 rings (SSSR count). The van der Waals surface area contributed by atoms with Crippen LogP contribution in [0, 0.1) is 13.8 Å². The summed E-state index contributed by atoms with van der Waals surface area (Å²) in [4.78, 5) is 0. The van der Waals surface area contributed by atoms with Crippen LogP contribution in [0.4, 0.5) is 0 Å². The minimum atomic E-state index is 0.922. The first-order chi connectivity index (χ1) is 42.4. The van der Waals surface area contributed by atoms with Crippen molar-refractivity contribution in [3.63, 3.8) is 0 Å². The van der Waals surface area contributed by atoms with Crippen LogP contribution < -0.4 is 0 Å². The van der Waals surface area contributed by atoms with Crippen molar-refractivity contribution < 1.29 is 19.1 Å². The van der Waals surface area contributed by atoms with Crippen LogP contribution in [0.25, 0.3) is 16.9 Å². The molecule has 0 saturated heterocycles. The first kappa shape index (κ1) is 80.1. The molecule has 1 aliphatic rings. The van der Waals surface area contributed by atoms with Crippen molar-refractivity contribution in [1.82, 2.24) is 0 Å². The zero-order chi connectivity index (χ0) is 61.9. The summed E-state index contributed by atoms with van der Waals surface area (Å²) in [5.74, 6) is 0. The quantitative estimate of drug-likeness (QED) is 0.0358. The number of hydrogen-bond acceptors (Lipinski definition) is 0. The van der Waals surface area contributed by atoms with Gasteiger partial charge in [0, 0.05) is 22.8 Å². The van der Waals surface area contributed by atoms with E-state index in [1.165, 1.54) is 390 Å². The predicted molar refractivity (Wildman–Crippen MR) is 385 cm³/mol. The molecular weight excluding hydrogens is 1080 g/mol. The van der Waals surface area contributed by atoms with E-state index in [2.05, 4.69) is 105 Å². The molecule has 1 aliphatic heterocycles. The van der Waals surface area contributed by atoms with E-state index < -0.39 is 0 Å². The monoisotopic (exact) mass is 1230 g/mol. The van der Waals surface area contributed by atoms with Gasteiger partial charge in [0.25, 0.3) is 0 Å².